The van der Waals surface area contributed by atoms with Gasteiger partial charge in [0.05, 0.1) is 13.0 Å². The minimum atomic E-state index is -0.633. The molecule has 0 bridgehead atoms. The highest BCUT2D eigenvalue weighted by molar-refractivity contribution is 6.06. The molecule has 3 nitrogen and oxygen atoms in total. The molecule has 1 atom stereocenters. The molecule has 0 heterocycles. The van der Waals surface area contributed by atoms with E-state index in [1.54, 1.807) is 24.3 Å². The lowest BCUT2D eigenvalue weighted by atomic mass is 9.85. The molecule has 136 valence electrons. The van der Waals surface area contributed by atoms with Gasteiger partial charge in [0.2, 0.25) is 0 Å². The highest BCUT2D eigenvalue weighted by Gasteiger charge is 2.25. The molecule has 0 saturated heterocycles. The summed E-state index contributed by atoms with van der Waals surface area (Å²) in [6.07, 6.45) is -0.0382. The summed E-state index contributed by atoms with van der Waals surface area (Å²) in [5.41, 5.74) is 1.52. The van der Waals surface area contributed by atoms with Crippen molar-refractivity contribution in [2.45, 2.75) is 12.3 Å². The number of Topliss-reactive ketones (excluding diaryl/α,β-unsaturated/α-hetero) is 2. The maximum absolute atomic E-state index is 14.0. The maximum Gasteiger partial charge on any atom is 0.170 e. The smallest absolute Gasteiger partial charge is 0.170 e. The largest absolute Gasteiger partial charge is 0.494 e. The van der Waals surface area contributed by atoms with Crippen molar-refractivity contribution in [3.63, 3.8) is 0 Å². The zero-order valence-electron chi connectivity index (χ0n) is 14.9. The van der Waals surface area contributed by atoms with E-state index in [4.69, 9.17) is 4.74 Å². The molecule has 0 aliphatic rings. The standard InChI is InChI=1S/C23H19FO3/c1-27-22-13-12-18(14-20(22)24)21(25)15-19(16-8-4-2-5-9-16)23(26)17-10-6-3-7-11-17/h2-14,19H,15H2,1H3. The fourth-order valence-corrected chi connectivity index (χ4v) is 2.99. The lowest BCUT2D eigenvalue weighted by Crippen LogP contribution is -2.17. The van der Waals surface area contributed by atoms with Crippen LogP contribution in [0.4, 0.5) is 4.39 Å². The number of hydrogen-bond acceptors (Lipinski definition) is 3. The van der Waals surface area contributed by atoms with E-state index in [0.717, 1.165) is 11.6 Å². The molecule has 0 amide bonds. The Bertz CT molecular complexity index is 936. The van der Waals surface area contributed by atoms with Gasteiger partial charge in [0.25, 0.3) is 0 Å². The Hall–Kier alpha value is -3.27. The average Bonchev–Trinajstić information content (AvgIpc) is 2.72. The van der Waals surface area contributed by atoms with E-state index in [9.17, 15) is 14.0 Å². The summed E-state index contributed by atoms with van der Waals surface area (Å²) in [6, 6.07) is 22.1. The van der Waals surface area contributed by atoms with Crippen LogP contribution in [0.15, 0.2) is 78.9 Å². The van der Waals surface area contributed by atoms with E-state index in [2.05, 4.69) is 0 Å². The Kier molecular flexibility index (Phi) is 5.77. The van der Waals surface area contributed by atoms with Gasteiger partial charge < -0.3 is 4.74 Å². The number of carbonyl (C=O) groups is 2. The zero-order valence-corrected chi connectivity index (χ0v) is 14.9. The van der Waals surface area contributed by atoms with Gasteiger partial charge in [-0.1, -0.05) is 60.7 Å². The fourth-order valence-electron chi connectivity index (χ4n) is 2.99. The SMILES string of the molecule is COc1ccc(C(=O)CC(C(=O)c2ccccc2)c2ccccc2)cc1F. The van der Waals surface area contributed by atoms with Crippen molar-refractivity contribution in [2.75, 3.05) is 7.11 Å². The summed E-state index contributed by atoms with van der Waals surface area (Å²) in [5.74, 6) is -1.59. The van der Waals surface area contributed by atoms with Crippen LogP contribution in [-0.2, 0) is 0 Å². The topological polar surface area (TPSA) is 43.4 Å². The van der Waals surface area contributed by atoms with Crippen LogP contribution in [0.2, 0.25) is 0 Å². The first-order chi connectivity index (χ1) is 13.1. The van der Waals surface area contributed by atoms with Gasteiger partial charge in [0.15, 0.2) is 23.1 Å². The maximum atomic E-state index is 14.0. The van der Waals surface area contributed by atoms with Crippen LogP contribution >= 0.6 is 0 Å². The van der Waals surface area contributed by atoms with Crippen LogP contribution in [0, 0.1) is 5.82 Å². The second-order valence-electron chi connectivity index (χ2n) is 6.17. The lowest BCUT2D eigenvalue weighted by Gasteiger charge is -2.16. The van der Waals surface area contributed by atoms with Crippen LogP contribution in [0.1, 0.15) is 38.6 Å². The van der Waals surface area contributed by atoms with Crippen molar-refractivity contribution in [1.29, 1.82) is 0 Å². The van der Waals surface area contributed by atoms with E-state index >= 15 is 0 Å². The Morgan fingerprint density at radius 1 is 0.889 bits per heavy atom. The number of ketones is 2. The number of benzene rings is 3. The number of rotatable bonds is 7. The van der Waals surface area contributed by atoms with Gasteiger partial charge in [0, 0.05) is 17.5 Å². The molecule has 0 aromatic heterocycles. The van der Waals surface area contributed by atoms with Crippen molar-refractivity contribution in [3.8, 4) is 5.75 Å². The molecule has 0 spiro atoms. The van der Waals surface area contributed by atoms with Gasteiger partial charge in [-0.05, 0) is 23.8 Å². The molecule has 0 radical (unpaired) electrons. The normalized spacial score (nSPS) is 11.6. The van der Waals surface area contributed by atoms with Crippen molar-refractivity contribution in [2.24, 2.45) is 0 Å². The number of halogens is 1. The molecule has 3 aromatic rings. The van der Waals surface area contributed by atoms with Gasteiger partial charge in [-0.2, -0.15) is 0 Å². The summed E-state index contributed by atoms with van der Waals surface area (Å²) in [4.78, 5) is 25.8. The second kappa shape index (κ2) is 8.41. The van der Waals surface area contributed by atoms with Crippen molar-refractivity contribution >= 4 is 11.6 Å². The molecule has 3 rings (SSSR count). The van der Waals surface area contributed by atoms with Crippen molar-refractivity contribution in [1.82, 2.24) is 0 Å². The van der Waals surface area contributed by atoms with E-state index in [0.29, 0.717) is 5.56 Å². The van der Waals surface area contributed by atoms with Gasteiger partial charge in [-0.3, -0.25) is 9.59 Å². The first kappa shape index (κ1) is 18.5. The monoisotopic (exact) mass is 362 g/mol. The third kappa shape index (κ3) is 4.29. The third-order valence-electron chi connectivity index (χ3n) is 4.44. The molecule has 0 fully saturated rings. The van der Waals surface area contributed by atoms with Crippen molar-refractivity contribution < 1.29 is 18.7 Å². The molecule has 0 aliphatic carbocycles. The first-order valence-corrected chi connectivity index (χ1v) is 8.61. The number of carbonyl (C=O) groups excluding carboxylic acids is 2. The molecule has 1 unspecified atom stereocenters. The second-order valence-corrected chi connectivity index (χ2v) is 6.17. The van der Waals surface area contributed by atoms with Crippen LogP contribution < -0.4 is 4.74 Å². The molecular weight excluding hydrogens is 343 g/mol. The number of hydrogen-bond donors (Lipinski definition) is 0. The molecule has 0 saturated carbocycles. The Morgan fingerprint density at radius 2 is 1.52 bits per heavy atom. The highest BCUT2D eigenvalue weighted by Crippen LogP contribution is 2.27. The van der Waals surface area contributed by atoms with Gasteiger partial charge in [-0.25, -0.2) is 4.39 Å². The third-order valence-corrected chi connectivity index (χ3v) is 4.44. The van der Waals surface area contributed by atoms with Gasteiger partial charge in [0.1, 0.15) is 0 Å². The molecule has 0 N–H and O–H groups in total. The summed E-state index contributed by atoms with van der Waals surface area (Å²) in [6.45, 7) is 0. The lowest BCUT2D eigenvalue weighted by molar-refractivity contribution is 0.0893. The van der Waals surface area contributed by atoms with Crippen molar-refractivity contribution in [3.05, 3.63) is 101 Å². The Balaban J connectivity index is 1.91. The van der Waals surface area contributed by atoms with E-state index in [1.807, 2.05) is 36.4 Å². The average molecular weight is 362 g/mol. The van der Waals surface area contributed by atoms with E-state index < -0.39 is 11.7 Å². The van der Waals surface area contributed by atoms with Gasteiger partial charge in [-0.15, -0.1) is 0 Å². The summed E-state index contributed by atoms with van der Waals surface area (Å²) in [5, 5.41) is 0. The number of methoxy groups -OCH3 is 1. The van der Waals surface area contributed by atoms with Crippen LogP contribution in [0.3, 0.4) is 0 Å². The molecule has 4 heteroatoms. The highest BCUT2D eigenvalue weighted by atomic mass is 19.1. The van der Waals surface area contributed by atoms with E-state index in [-0.39, 0.29) is 29.3 Å². The summed E-state index contributed by atoms with van der Waals surface area (Å²) in [7, 11) is 1.36. The molecule has 27 heavy (non-hydrogen) atoms. The quantitative estimate of drug-likeness (QED) is 0.551. The Labute approximate surface area is 157 Å². The Morgan fingerprint density at radius 3 is 2.11 bits per heavy atom. The predicted octanol–water partition coefficient (Wildman–Crippen LogP) is 5.07. The zero-order chi connectivity index (χ0) is 19.2. The minimum absolute atomic E-state index is 0.0382. The van der Waals surface area contributed by atoms with Crippen LogP contribution in [-0.4, -0.2) is 18.7 Å². The molecule has 0 aliphatic heterocycles. The van der Waals surface area contributed by atoms with Crippen LogP contribution in [0.5, 0.6) is 5.75 Å². The fraction of sp³-hybridized carbons (Fsp3) is 0.130. The molecular formula is C23H19FO3. The van der Waals surface area contributed by atoms with Crippen LogP contribution in [0.25, 0.3) is 0 Å². The van der Waals surface area contributed by atoms with E-state index in [1.165, 1.54) is 19.2 Å². The predicted molar refractivity (Wildman–Crippen MR) is 102 cm³/mol. The number of ether oxygens (including phenoxy) is 1. The first-order valence-electron chi connectivity index (χ1n) is 8.61. The summed E-state index contributed by atoms with van der Waals surface area (Å²) < 4.78 is 18.8. The summed E-state index contributed by atoms with van der Waals surface area (Å²) >= 11 is 0. The minimum Gasteiger partial charge on any atom is -0.494 e. The van der Waals surface area contributed by atoms with Gasteiger partial charge >= 0.3 is 0 Å². The molecule has 3 aromatic carbocycles.